The van der Waals surface area contributed by atoms with Crippen molar-refractivity contribution in [2.75, 3.05) is 20.3 Å². The lowest BCUT2D eigenvalue weighted by Gasteiger charge is -2.15. The highest BCUT2D eigenvalue weighted by Crippen LogP contribution is 2.37. The van der Waals surface area contributed by atoms with Crippen LogP contribution in [0, 0.1) is 0 Å². The minimum atomic E-state index is -1.18. The van der Waals surface area contributed by atoms with Crippen LogP contribution in [0.4, 0.5) is 0 Å². The van der Waals surface area contributed by atoms with E-state index >= 15 is 0 Å². The average Bonchev–Trinajstić information content (AvgIpc) is 3.37. The van der Waals surface area contributed by atoms with Gasteiger partial charge >= 0.3 is 0 Å². The predicted molar refractivity (Wildman–Crippen MR) is 156 cm³/mol. The Labute approximate surface area is 225 Å². The quantitative estimate of drug-likeness (QED) is 0.109. The number of imidazole rings is 1. The lowest BCUT2D eigenvalue weighted by Crippen LogP contribution is -2.22. The molecule has 0 radical (unpaired) electrons. The summed E-state index contributed by atoms with van der Waals surface area (Å²) in [7, 11) is -0.703. The highest BCUT2D eigenvalue weighted by atomic mass is 35.5. The summed E-state index contributed by atoms with van der Waals surface area (Å²) in [5.41, 5.74) is 4.08. The number of nitrogens with zero attached hydrogens (tertiary/aromatic N) is 5. The van der Waals surface area contributed by atoms with Crippen LogP contribution in [0.15, 0.2) is 30.7 Å². The van der Waals surface area contributed by atoms with E-state index < -0.39 is 16.1 Å². The Kier molecular flexibility index (Phi) is 8.44. The molecule has 4 rings (SSSR count). The average molecular weight is 560 g/mol. The summed E-state index contributed by atoms with van der Waals surface area (Å²) < 4.78 is 21.7. The monoisotopic (exact) mass is 559 g/mol. The molecule has 4 aromatic rings. The van der Waals surface area contributed by atoms with Crippen molar-refractivity contribution in [1.29, 1.82) is 0 Å². The standard InChI is InChI=1S/C26H38ClN5O3Si2/c1-33-26-20(14-22-24(30-26)28-16-32(22)18-35-11-13-37(5,6)7)21-15-31(17-34-10-12-36(2,3)4)25-19(21)8-9-23(27)29-25/h8-9,14-16H,10-13,17-18H2,1-7H3. The number of pyridine rings is 2. The molecule has 0 amide bonds. The highest BCUT2D eigenvalue weighted by molar-refractivity contribution is 6.76. The number of hydrogen-bond acceptors (Lipinski definition) is 6. The number of methoxy groups -OCH3 is 1. The smallest absolute Gasteiger partial charge is 0.223 e. The molecule has 11 heteroatoms. The van der Waals surface area contributed by atoms with Gasteiger partial charge in [-0.05, 0) is 30.3 Å². The molecule has 37 heavy (non-hydrogen) atoms. The first kappa shape index (κ1) is 27.8. The van der Waals surface area contributed by atoms with Gasteiger partial charge in [-0.15, -0.1) is 0 Å². The normalized spacial score (nSPS) is 12.6. The molecule has 0 spiro atoms. The van der Waals surface area contributed by atoms with Crippen LogP contribution in [0.1, 0.15) is 0 Å². The van der Waals surface area contributed by atoms with Crippen LogP contribution in [-0.2, 0) is 22.9 Å². The molecule has 0 aliphatic rings. The van der Waals surface area contributed by atoms with Gasteiger partial charge < -0.3 is 23.3 Å². The van der Waals surface area contributed by atoms with Gasteiger partial charge in [0.1, 0.15) is 24.3 Å². The van der Waals surface area contributed by atoms with Gasteiger partial charge in [0.25, 0.3) is 0 Å². The maximum Gasteiger partial charge on any atom is 0.223 e. The Balaban J connectivity index is 1.67. The Morgan fingerprint density at radius 1 is 0.865 bits per heavy atom. The molecule has 0 bridgehead atoms. The van der Waals surface area contributed by atoms with E-state index in [1.165, 1.54) is 0 Å². The summed E-state index contributed by atoms with van der Waals surface area (Å²) in [5, 5.41) is 1.39. The molecule has 0 atom stereocenters. The first-order valence-corrected chi connectivity index (χ1v) is 20.5. The van der Waals surface area contributed by atoms with Crippen molar-refractivity contribution in [3.05, 3.63) is 35.9 Å². The highest BCUT2D eigenvalue weighted by Gasteiger charge is 2.20. The van der Waals surface area contributed by atoms with Gasteiger partial charge in [-0.3, -0.25) is 0 Å². The Morgan fingerprint density at radius 3 is 2.14 bits per heavy atom. The molecule has 4 aromatic heterocycles. The second-order valence-electron chi connectivity index (χ2n) is 11.8. The molecule has 0 fully saturated rings. The van der Waals surface area contributed by atoms with Gasteiger partial charge in [-0.1, -0.05) is 50.9 Å². The van der Waals surface area contributed by atoms with Crippen LogP contribution in [0.5, 0.6) is 5.88 Å². The van der Waals surface area contributed by atoms with Crippen LogP contribution in [0.3, 0.4) is 0 Å². The molecule has 4 heterocycles. The van der Waals surface area contributed by atoms with Gasteiger partial charge in [0.05, 0.1) is 19.0 Å². The van der Waals surface area contributed by atoms with Crippen LogP contribution in [-0.4, -0.2) is 60.6 Å². The van der Waals surface area contributed by atoms with Crippen molar-refractivity contribution in [2.24, 2.45) is 0 Å². The van der Waals surface area contributed by atoms with E-state index in [0.29, 0.717) is 30.1 Å². The third-order valence-corrected chi connectivity index (χ3v) is 9.82. The number of hydrogen-bond donors (Lipinski definition) is 0. The van der Waals surface area contributed by atoms with Crippen molar-refractivity contribution in [3.63, 3.8) is 0 Å². The van der Waals surface area contributed by atoms with Gasteiger partial charge in [0.2, 0.25) is 5.88 Å². The van der Waals surface area contributed by atoms with E-state index in [2.05, 4.69) is 55.3 Å². The SMILES string of the molecule is COc1nc2ncn(COCC[Si](C)(C)C)c2cc1-c1cn(COCC[Si](C)(C)C)c2nc(Cl)ccc12. The van der Waals surface area contributed by atoms with Gasteiger partial charge in [0.15, 0.2) is 5.65 Å². The molecule has 0 aromatic carbocycles. The van der Waals surface area contributed by atoms with E-state index in [1.54, 1.807) is 19.5 Å². The third-order valence-electron chi connectivity index (χ3n) is 6.20. The summed E-state index contributed by atoms with van der Waals surface area (Å²) >= 11 is 6.28. The van der Waals surface area contributed by atoms with Gasteiger partial charge in [-0.2, -0.15) is 4.98 Å². The van der Waals surface area contributed by atoms with Gasteiger partial charge in [0, 0.05) is 52.1 Å². The Morgan fingerprint density at radius 2 is 1.51 bits per heavy atom. The minimum Gasteiger partial charge on any atom is -0.480 e. The Hall–Kier alpha value is -2.25. The summed E-state index contributed by atoms with van der Waals surface area (Å²) in [6.45, 7) is 16.4. The number of ether oxygens (including phenoxy) is 3. The number of rotatable bonds is 12. The van der Waals surface area contributed by atoms with Crippen LogP contribution >= 0.6 is 11.6 Å². The first-order chi connectivity index (χ1) is 17.4. The van der Waals surface area contributed by atoms with Crippen molar-refractivity contribution < 1.29 is 14.2 Å². The van der Waals surface area contributed by atoms with Crippen LogP contribution in [0.25, 0.3) is 33.3 Å². The van der Waals surface area contributed by atoms with Crippen molar-refractivity contribution >= 4 is 49.9 Å². The Bertz CT molecular complexity index is 1370. The lowest BCUT2D eigenvalue weighted by atomic mass is 10.1. The molecule has 0 unspecified atom stereocenters. The van der Waals surface area contributed by atoms with E-state index in [9.17, 15) is 0 Å². The zero-order chi connectivity index (χ0) is 26.8. The number of fused-ring (bicyclic) bond motifs is 2. The maximum atomic E-state index is 6.28. The fraction of sp³-hybridized carbons (Fsp3) is 0.500. The second-order valence-corrected chi connectivity index (χ2v) is 23.4. The molecule has 0 saturated heterocycles. The van der Waals surface area contributed by atoms with Crippen molar-refractivity contribution in [1.82, 2.24) is 24.1 Å². The molecule has 0 N–H and O–H groups in total. The summed E-state index contributed by atoms with van der Waals surface area (Å²) in [5.74, 6) is 0.506. The number of aromatic nitrogens is 5. The summed E-state index contributed by atoms with van der Waals surface area (Å²) in [6, 6.07) is 8.07. The van der Waals surface area contributed by atoms with Crippen molar-refractivity contribution in [2.45, 2.75) is 64.8 Å². The largest absolute Gasteiger partial charge is 0.480 e. The lowest BCUT2D eigenvalue weighted by molar-refractivity contribution is 0.0898. The topological polar surface area (TPSA) is 76.2 Å². The predicted octanol–water partition coefficient (Wildman–Crippen LogP) is 6.73. The molecule has 0 aliphatic heterocycles. The summed E-state index contributed by atoms with van der Waals surface area (Å²) in [6.07, 6.45) is 3.81. The zero-order valence-electron chi connectivity index (χ0n) is 23.0. The van der Waals surface area contributed by atoms with E-state index in [4.69, 9.17) is 30.8 Å². The van der Waals surface area contributed by atoms with Crippen molar-refractivity contribution in [3.8, 4) is 17.0 Å². The molecular formula is C26H38ClN5O3Si2. The van der Waals surface area contributed by atoms with E-state index in [0.717, 1.165) is 53.0 Å². The number of halogens is 1. The zero-order valence-corrected chi connectivity index (χ0v) is 25.7. The molecular weight excluding hydrogens is 522 g/mol. The molecule has 0 saturated carbocycles. The fourth-order valence-corrected chi connectivity index (χ4v) is 5.61. The fourth-order valence-electron chi connectivity index (χ4n) is 3.96. The summed E-state index contributed by atoms with van der Waals surface area (Å²) in [4.78, 5) is 13.8. The van der Waals surface area contributed by atoms with Crippen LogP contribution in [0.2, 0.25) is 56.5 Å². The third kappa shape index (κ3) is 6.99. The van der Waals surface area contributed by atoms with Crippen LogP contribution < -0.4 is 4.74 Å². The minimum absolute atomic E-state index is 0.398. The molecule has 0 aliphatic carbocycles. The van der Waals surface area contributed by atoms with Gasteiger partial charge in [-0.25, -0.2) is 9.97 Å². The second kappa shape index (κ2) is 11.2. The first-order valence-electron chi connectivity index (χ1n) is 12.7. The molecule has 8 nitrogen and oxygen atoms in total. The maximum absolute atomic E-state index is 6.28. The molecule has 200 valence electrons. The van der Waals surface area contributed by atoms with E-state index in [1.807, 2.05) is 21.4 Å². The van der Waals surface area contributed by atoms with E-state index in [-0.39, 0.29) is 0 Å².